The molecule has 0 radical (unpaired) electrons. The fourth-order valence-electron chi connectivity index (χ4n) is 3.79. The number of anilines is 1. The average molecular weight is 405 g/mol. The Morgan fingerprint density at radius 2 is 1.77 bits per heavy atom. The molecule has 2 aromatic heterocycles. The number of rotatable bonds is 4. The minimum absolute atomic E-state index is 0.0468. The highest BCUT2D eigenvalue weighted by molar-refractivity contribution is 5.92. The van der Waals surface area contributed by atoms with Crippen LogP contribution in [0.3, 0.4) is 0 Å². The molecule has 0 spiro atoms. The van der Waals surface area contributed by atoms with Crippen LogP contribution in [-0.4, -0.2) is 56.7 Å². The second-order valence-electron chi connectivity index (χ2n) is 8.02. The Hall–Kier alpha value is -3.22. The zero-order valence-electron chi connectivity index (χ0n) is 18.0. The summed E-state index contributed by atoms with van der Waals surface area (Å²) in [7, 11) is 1.94. The highest BCUT2D eigenvalue weighted by Crippen LogP contribution is 2.28. The number of hydrogen-bond donors (Lipinski definition) is 0. The zero-order valence-corrected chi connectivity index (χ0v) is 18.0. The fraction of sp³-hybridized carbons (Fsp3) is 0.391. The summed E-state index contributed by atoms with van der Waals surface area (Å²) in [5, 5.41) is 4.56. The van der Waals surface area contributed by atoms with Gasteiger partial charge in [0.05, 0.1) is 5.69 Å². The number of benzene rings is 1. The first-order valence-corrected chi connectivity index (χ1v) is 10.4. The lowest BCUT2D eigenvalue weighted by molar-refractivity contribution is -0.126. The molecule has 3 aromatic rings. The molecule has 0 saturated carbocycles. The third-order valence-corrected chi connectivity index (χ3v) is 5.47. The van der Waals surface area contributed by atoms with E-state index in [1.807, 2.05) is 60.0 Å². The van der Waals surface area contributed by atoms with Gasteiger partial charge in [-0.3, -0.25) is 9.48 Å². The molecule has 1 aliphatic rings. The normalized spacial score (nSPS) is 15.0. The Bertz CT molecular complexity index is 1080. The van der Waals surface area contributed by atoms with E-state index in [0.29, 0.717) is 13.1 Å². The molecule has 30 heavy (non-hydrogen) atoms. The molecule has 156 valence electrons. The minimum atomic E-state index is 0.0468. The van der Waals surface area contributed by atoms with E-state index in [9.17, 15) is 4.79 Å². The number of carbonyl (C=O) groups excluding carboxylic acids is 1. The van der Waals surface area contributed by atoms with Gasteiger partial charge in [0.1, 0.15) is 16.9 Å². The van der Waals surface area contributed by atoms with Gasteiger partial charge in [-0.2, -0.15) is 5.10 Å². The van der Waals surface area contributed by atoms with Crippen LogP contribution in [0, 0.1) is 6.92 Å². The standard InChI is InChI=1S/C23H28N6O/c1-16(2)22-24-20-17(3)26-27(4)21(20)23(25-22)29-14-12-28(13-15-29)19(30)11-10-18-8-6-5-7-9-18/h5-11,16H,12-15H2,1-4H3/b11-10+. The van der Waals surface area contributed by atoms with E-state index in [-0.39, 0.29) is 11.8 Å². The lowest BCUT2D eigenvalue weighted by atomic mass is 10.2. The number of amides is 1. The second-order valence-corrected chi connectivity index (χ2v) is 8.02. The van der Waals surface area contributed by atoms with Gasteiger partial charge >= 0.3 is 0 Å². The van der Waals surface area contributed by atoms with Crippen molar-refractivity contribution < 1.29 is 4.79 Å². The first-order chi connectivity index (χ1) is 14.4. The number of fused-ring (bicyclic) bond motifs is 1. The maximum absolute atomic E-state index is 12.6. The maximum Gasteiger partial charge on any atom is 0.246 e. The van der Waals surface area contributed by atoms with E-state index < -0.39 is 0 Å². The molecular weight excluding hydrogens is 376 g/mol. The summed E-state index contributed by atoms with van der Waals surface area (Å²) in [6.45, 7) is 8.99. The van der Waals surface area contributed by atoms with Crippen LogP contribution in [0.15, 0.2) is 36.4 Å². The number of hydrogen-bond acceptors (Lipinski definition) is 5. The van der Waals surface area contributed by atoms with Crippen molar-refractivity contribution >= 4 is 28.8 Å². The summed E-state index contributed by atoms with van der Waals surface area (Å²) in [4.78, 5) is 26.4. The number of piperazine rings is 1. The molecule has 1 amide bonds. The summed E-state index contributed by atoms with van der Waals surface area (Å²) < 4.78 is 1.87. The van der Waals surface area contributed by atoms with Crippen LogP contribution in [0.2, 0.25) is 0 Å². The van der Waals surface area contributed by atoms with Gasteiger partial charge in [-0.05, 0) is 18.6 Å². The lowest BCUT2D eigenvalue weighted by Gasteiger charge is -2.35. The van der Waals surface area contributed by atoms with Gasteiger partial charge in [-0.25, -0.2) is 9.97 Å². The van der Waals surface area contributed by atoms with Crippen molar-refractivity contribution in [2.24, 2.45) is 7.05 Å². The molecule has 0 bridgehead atoms. The minimum Gasteiger partial charge on any atom is -0.351 e. The SMILES string of the molecule is Cc1nn(C)c2c(N3CCN(C(=O)/C=C/c4ccccc4)CC3)nc(C(C)C)nc12. The van der Waals surface area contributed by atoms with Gasteiger partial charge < -0.3 is 9.80 Å². The Kier molecular flexibility index (Phi) is 5.53. The topological polar surface area (TPSA) is 67.2 Å². The summed E-state index contributed by atoms with van der Waals surface area (Å²) in [6.07, 6.45) is 3.53. The first-order valence-electron chi connectivity index (χ1n) is 10.4. The number of carbonyl (C=O) groups is 1. The Morgan fingerprint density at radius 3 is 2.43 bits per heavy atom. The summed E-state index contributed by atoms with van der Waals surface area (Å²) in [6, 6.07) is 9.89. The highest BCUT2D eigenvalue weighted by atomic mass is 16.2. The van der Waals surface area contributed by atoms with Gasteiger partial charge in [0.15, 0.2) is 5.82 Å². The van der Waals surface area contributed by atoms with E-state index in [1.165, 1.54) is 0 Å². The van der Waals surface area contributed by atoms with Gasteiger partial charge in [0.25, 0.3) is 0 Å². The lowest BCUT2D eigenvalue weighted by Crippen LogP contribution is -2.48. The molecule has 1 saturated heterocycles. The van der Waals surface area contributed by atoms with Gasteiger partial charge in [-0.1, -0.05) is 44.2 Å². The molecule has 0 N–H and O–H groups in total. The van der Waals surface area contributed by atoms with Gasteiger partial charge in [0, 0.05) is 45.2 Å². The Balaban J connectivity index is 1.52. The monoisotopic (exact) mass is 404 g/mol. The molecule has 0 atom stereocenters. The van der Waals surface area contributed by atoms with Crippen molar-refractivity contribution in [3.05, 3.63) is 53.5 Å². The molecule has 3 heterocycles. The van der Waals surface area contributed by atoms with Crippen molar-refractivity contribution in [2.45, 2.75) is 26.7 Å². The molecule has 0 unspecified atom stereocenters. The van der Waals surface area contributed by atoms with Crippen LogP contribution in [0.1, 0.15) is 36.8 Å². The van der Waals surface area contributed by atoms with Crippen molar-refractivity contribution in [1.82, 2.24) is 24.6 Å². The summed E-state index contributed by atoms with van der Waals surface area (Å²) in [5.41, 5.74) is 3.81. The summed E-state index contributed by atoms with van der Waals surface area (Å²) >= 11 is 0. The molecule has 0 aliphatic carbocycles. The van der Waals surface area contributed by atoms with Gasteiger partial charge in [0.2, 0.25) is 5.91 Å². The van der Waals surface area contributed by atoms with Crippen molar-refractivity contribution in [2.75, 3.05) is 31.1 Å². The quantitative estimate of drug-likeness (QED) is 0.625. The van der Waals surface area contributed by atoms with Crippen molar-refractivity contribution in [1.29, 1.82) is 0 Å². The fourth-order valence-corrected chi connectivity index (χ4v) is 3.79. The second kappa shape index (κ2) is 8.26. The third-order valence-electron chi connectivity index (χ3n) is 5.47. The predicted molar refractivity (Wildman–Crippen MR) is 119 cm³/mol. The molecule has 4 rings (SSSR count). The first kappa shape index (κ1) is 20.1. The van der Waals surface area contributed by atoms with Crippen LogP contribution < -0.4 is 4.90 Å². The molecular formula is C23H28N6O. The molecule has 7 nitrogen and oxygen atoms in total. The number of nitrogens with zero attached hydrogens (tertiary/aromatic N) is 6. The van der Waals surface area contributed by atoms with E-state index >= 15 is 0 Å². The summed E-state index contributed by atoms with van der Waals surface area (Å²) in [5.74, 6) is 2.03. The molecule has 1 aliphatic heterocycles. The van der Waals surface area contributed by atoms with E-state index in [1.54, 1.807) is 6.08 Å². The number of aromatic nitrogens is 4. The van der Waals surface area contributed by atoms with Crippen molar-refractivity contribution in [3.8, 4) is 0 Å². The molecule has 7 heteroatoms. The molecule has 1 fully saturated rings. The predicted octanol–water partition coefficient (Wildman–Crippen LogP) is 3.16. The maximum atomic E-state index is 12.6. The van der Waals surface area contributed by atoms with E-state index in [0.717, 1.165) is 47.0 Å². The Morgan fingerprint density at radius 1 is 1.07 bits per heavy atom. The van der Waals surface area contributed by atoms with Crippen LogP contribution in [0.4, 0.5) is 5.82 Å². The van der Waals surface area contributed by atoms with E-state index in [2.05, 4.69) is 23.8 Å². The van der Waals surface area contributed by atoms with Gasteiger partial charge in [-0.15, -0.1) is 0 Å². The van der Waals surface area contributed by atoms with Crippen LogP contribution in [0.5, 0.6) is 0 Å². The van der Waals surface area contributed by atoms with Crippen LogP contribution >= 0.6 is 0 Å². The van der Waals surface area contributed by atoms with E-state index in [4.69, 9.17) is 9.97 Å². The average Bonchev–Trinajstić information content (AvgIpc) is 3.06. The Labute approximate surface area is 177 Å². The largest absolute Gasteiger partial charge is 0.351 e. The van der Waals surface area contributed by atoms with Crippen LogP contribution in [-0.2, 0) is 11.8 Å². The molecule has 1 aromatic carbocycles. The number of aryl methyl sites for hydroxylation is 2. The smallest absolute Gasteiger partial charge is 0.246 e. The highest BCUT2D eigenvalue weighted by Gasteiger charge is 2.25. The zero-order chi connectivity index (χ0) is 21.3. The van der Waals surface area contributed by atoms with Crippen molar-refractivity contribution in [3.63, 3.8) is 0 Å². The van der Waals surface area contributed by atoms with Crippen LogP contribution in [0.25, 0.3) is 17.1 Å². The third kappa shape index (κ3) is 3.92.